The Hall–Kier alpha value is 0.415. The van der Waals surface area contributed by atoms with Crippen molar-refractivity contribution in [3.05, 3.63) is 0 Å². The molecule has 42 valence electrons. The molecule has 0 radical (unpaired) electrons. The SMILES string of the molecule is CSB(C)C(C)C. The molecule has 0 aliphatic rings. The molecule has 0 heterocycles. The Morgan fingerprint density at radius 1 is 1.43 bits per heavy atom. The monoisotopic (exact) mass is 116 g/mol. The summed E-state index contributed by atoms with van der Waals surface area (Å²) in [6.45, 7) is 6.76. The van der Waals surface area contributed by atoms with Crippen LogP contribution in [0.2, 0.25) is 12.6 Å². The number of rotatable bonds is 2. The molecule has 0 aliphatic heterocycles. The zero-order chi connectivity index (χ0) is 5.86. The van der Waals surface area contributed by atoms with Crippen LogP contribution in [0.5, 0.6) is 0 Å². The smallest absolute Gasteiger partial charge is 0.208 e. The molecule has 7 heavy (non-hydrogen) atoms. The summed E-state index contributed by atoms with van der Waals surface area (Å²) in [5, 5.41) is 0. The van der Waals surface area contributed by atoms with Crippen LogP contribution < -0.4 is 0 Å². The molecule has 0 aromatic heterocycles. The fourth-order valence-corrected chi connectivity index (χ4v) is 0.816. The van der Waals surface area contributed by atoms with Crippen LogP contribution in [0.1, 0.15) is 13.8 Å². The lowest BCUT2D eigenvalue weighted by atomic mass is 9.67. The topological polar surface area (TPSA) is 0 Å². The molecule has 2 heteroatoms. The molecular formula is C5H13BS. The Kier molecular flexibility index (Phi) is 3.62. The molecule has 0 saturated carbocycles. The van der Waals surface area contributed by atoms with Crippen LogP contribution in [0.25, 0.3) is 0 Å². The summed E-state index contributed by atoms with van der Waals surface area (Å²) in [5.74, 6) is 1.65. The van der Waals surface area contributed by atoms with E-state index >= 15 is 0 Å². The molecule has 0 aromatic rings. The quantitative estimate of drug-likeness (QED) is 0.499. The first-order valence-electron chi connectivity index (χ1n) is 2.71. The highest BCUT2D eigenvalue weighted by Gasteiger charge is 2.07. The van der Waals surface area contributed by atoms with Crippen molar-refractivity contribution in [2.75, 3.05) is 6.26 Å². The average Bonchev–Trinajstić information content (AvgIpc) is 1.65. The molecule has 0 amide bonds. The Balaban J connectivity index is 3.14. The highest BCUT2D eigenvalue weighted by molar-refractivity contribution is 8.25. The predicted octanol–water partition coefficient (Wildman–Crippen LogP) is 2.38. The van der Waals surface area contributed by atoms with Crippen LogP contribution in [-0.2, 0) is 0 Å². The largest absolute Gasteiger partial charge is 0.213 e. The van der Waals surface area contributed by atoms with Crippen molar-refractivity contribution in [2.24, 2.45) is 0 Å². The summed E-state index contributed by atoms with van der Waals surface area (Å²) in [7, 11) is 0. The second-order valence-electron chi connectivity index (χ2n) is 2.18. The Morgan fingerprint density at radius 3 is 1.86 bits per heavy atom. The zero-order valence-corrected chi connectivity index (χ0v) is 6.38. The van der Waals surface area contributed by atoms with Gasteiger partial charge in [-0.15, -0.1) is 0 Å². The predicted molar refractivity (Wildman–Crippen MR) is 40.2 cm³/mol. The summed E-state index contributed by atoms with van der Waals surface area (Å²) in [6.07, 6.45) is 2.16. The van der Waals surface area contributed by atoms with Gasteiger partial charge >= 0.3 is 0 Å². The second kappa shape index (κ2) is 3.42. The van der Waals surface area contributed by atoms with Crippen molar-refractivity contribution in [1.29, 1.82) is 0 Å². The van der Waals surface area contributed by atoms with E-state index in [9.17, 15) is 0 Å². The van der Waals surface area contributed by atoms with Crippen molar-refractivity contribution in [3.63, 3.8) is 0 Å². The van der Waals surface area contributed by atoms with Crippen LogP contribution in [0.4, 0.5) is 0 Å². The Morgan fingerprint density at radius 2 is 1.86 bits per heavy atom. The van der Waals surface area contributed by atoms with Gasteiger partial charge in [0.1, 0.15) is 0 Å². The minimum Gasteiger partial charge on any atom is -0.213 e. The minimum atomic E-state index is 0.819. The molecule has 0 rings (SSSR count). The van der Waals surface area contributed by atoms with Gasteiger partial charge in [-0.1, -0.05) is 26.5 Å². The third kappa shape index (κ3) is 3.04. The first-order chi connectivity index (χ1) is 3.18. The van der Waals surface area contributed by atoms with Crippen LogP contribution in [-0.4, -0.2) is 12.2 Å². The van der Waals surface area contributed by atoms with Gasteiger partial charge in [-0.05, 0) is 6.26 Å². The van der Waals surface area contributed by atoms with E-state index in [2.05, 4.69) is 26.9 Å². The summed E-state index contributed by atoms with van der Waals surface area (Å²) >= 11 is 1.93. The van der Waals surface area contributed by atoms with Gasteiger partial charge in [-0.25, -0.2) is 11.6 Å². The molecule has 0 unspecified atom stereocenters. The van der Waals surface area contributed by atoms with Crippen molar-refractivity contribution in [3.8, 4) is 0 Å². The fourth-order valence-electron chi connectivity index (χ4n) is 0.272. The second-order valence-corrected chi connectivity index (χ2v) is 3.40. The molecule has 0 fully saturated rings. The van der Waals surface area contributed by atoms with Gasteiger partial charge in [-0.3, -0.25) is 0 Å². The minimum absolute atomic E-state index is 0.819. The lowest BCUT2D eigenvalue weighted by molar-refractivity contribution is 1.06. The molecule has 0 N–H and O–H groups in total. The molecule has 0 aromatic carbocycles. The van der Waals surface area contributed by atoms with E-state index in [1.54, 1.807) is 0 Å². The molecular weight excluding hydrogens is 103 g/mol. The zero-order valence-electron chi connectivity index (χ0n) is 5.56. The van der Waals surface area contributed by atoms with Crippen molar-refractivity contribution < 1.29 is 0 Å². The lowest BCUT2D eigenvalue weighted by Gasteiger charge is -2.05. The summed E-state index contributed by atoms with van der Waals surface area (Å²) in [4.78, 5) is 0. The first-order valence-corrected chi connectivity index (χ1v) is 4.00. The molecule has 0 nitrogen and oxygen atoms in total. The van der Waals surface area contributed by atoms with Crippen LogP contribution >= 0.6 is 11.6 Å². The van der Waals surface area contributed by atoms with E-state index in [4.69, 9.17) is 0 Å². The summed E-state index contributed by atoms with van der Waals surface area (Å²) in [6, 6.07) is 0. The standard InChI is InChI=1S/C5H13BS/c1-5(2)6(3)7-4/h5H,1-4H3. The van der Waals surface area contributed by atoms with Gasteiger partial charge in [0.15, 0.2) is 0 Å². The molecule has 0 aliphatic carbocycles. The maximum absolute atomic E-state index is 2.26. The third-order valence-corrected chi connectivity index (χ3v) is 2.60. The van der Waals surface area contributed by atoms with Crippen molar-refractivity contribution in [2.45, 2.75) is 26.5 Å². The maximum atomic E-state index is 2.26. The first kappa shape index (κ1) is 7.41. The third-order valence-electron chi connectivity index (χ3n) is 1.31. The molecule has 0 spiro atoms. The lowest BCUT2D eigenvalue weighted by Crippen LogP contribution is -2.04. The maximum Gasteiger partial charge on any atom is 0.208 e. The summed E-state index contributed by atoms with van der Waals surface area (Å²) < 4.78 is 0. The van der Waals surface area contributed by atoms with Crippen LogP contribution in [0.15, 0.2) is 0 Å². The summed E-state index contributed by atoms with van der Waals surface area (Å²) in [5.41, 5.74) is 0. The average molecular weight is 116 g/mol. The van der Waals surface area contributed by atoms with E-state index < -0.39 is 0 Å². The van der Waals surface area contributed by atoms with Gasteiger partial charge in [0.25, 0.3) is 0 Å². The fraction of sp³-hybridized carbons (Fsp3) is 1.00. The molecule has 0 atom stereocenters. The van der Waals surface area contributed by atoms with Gasteiger partial charge < -0.3 is 0 Å². The van der Waals surface area contributed by atoms with E-state index in [0.29, 0.717) is 0 Å². The van der Waals surface area contributed by atoms with E-state index in [-0.39, 0.29) is 0 Å². The van der Waals surface area contributed by atoms with E-state index in [0.717, 1.165) is 11.8 Å². The Bertz CT molecular complexity index is 45.3. The van der Waals surface area contributed by atoms with Crippen LogP contribution in [0, 0.1) is 0 Å². The van der Waals surface area contributed by atoms with E-state index in [1.165, 1.54) is 0 Å². The highest BCUT2D eigenvalue weighted by atomic mass is 32.2. The normalized spacial score (nSPS) is 9.86. The van der Waals surface area contributed by atoms with Crippen molar-refractivity contribution >= 4 is 17.6 Å². The van der Waals surface area contributed by atoms with Gasteiger partial charge in [0.05, 0.1) is 0 Å². The number of hydrogen-bond acceptors (Lipinski definition) is 1. The van der Waals surface area contributed by atoms with Crippen LogP contribution in [0.3, 0.4) is 0 Å². The van der Waals surface area contributed by atoms with Gasteiger partial charge in [0, 0.05) is 0 Å². The van der Waals surface area contributed by atoms with E-state index in [1.807, 2.05) is 11.6 Å². The van der Waals surface area contributed by atoms with Crippen molar-refractivity contribution in [1.82, 2.24) is 0 Å². The Labute approximate surface area is 51.0 Å². The molecule has 0 bridgehead atoms. The molecule has 0 saturated heterocycles. The highest BCUT2D eigenvalue weighted by Crippen LogP contribution is 2.15. The number of hydrogen-bond donors (Lipinski definition) is 0. The van der Waals surface area contributed by atoms with Gasteiger partial charge in [0.2, 0.25) is 5.99 Å². The van der Waals surface area contributed by atoms with Gasteiger partial charge in [-0.2, -0.15) is 0 Å².